The maximum absolute atomic E-state index is 15.0. The van der Waals surface area contributed by atoms with Gasteiger partial charge in [-0.25, -0.2) is 0 Å². The summed E-state index contributed by atoms with van der Waals surface area (Å²) in [5, 5.41) is 109. The lowest BCUT2D eigenvalue weighted by molar-refractivity contribution is -0.361. The van der Waals surface area contributed by atoms with Crippen molar-refractivity contribution in [1.82, 2.24) is 0 Å². The monoisotopic (exact) mass is 971 g/mol. The van der Waals surface area contributed by atoms with E-state index in [-0.39, 0.29) is 47.4 Å². The molecule has 19 heteroatoms. The van der Waals surface area contributed by atoms with E-state index in [0.717, 1.165) is 24.0 Å². The first kappa shape index (κ1) is 53.6. The molecular weight excluding hydrogens is 893 g/mol. The third-order valence-electron chi connectivity index (χ3n) is 18.6. The Balaban J connectivity index is 1.08. The number of rotatable bonds is 13. The summed E-state index contributed by atoms with van der Waals surface area (Å²) in [6, 6.07) is 0. The molecule has 0 aromatic heterocycles. The zero-order valence-corrected chi connectivity index (χ0v) is 40.5. The molecule has 3 saturated heterocycles. The minimum atomic E-state index is -1.89. The average Bonchev–Trinajstić information content (AvgIpc) is 3.70. The van der Waals surface area contributed by atoms with Crippen molar-refractivity contribution in [2.75, 3.05) is 20.3 Å². The quantitative estimate of drug-likeness (QED) is 0.0880. The Labute approximate surface area is 398 Å². The molecule has 25 atom stereocenters. The summed E-state index contributed by atoms with van der Waals surface area (Å²) < 4.78 is 39.7. The third-order valence-corrected chi connectivity index (χ3v) is 18.6. The Morgan fingerprint density at radius 1 is 0.706 bits per heavy atom. The van der Waals surface area contributed by atoms with Gasteiger partial charge < -0.3 is 84.2 Å². The van der Waals surface area contributed by atoms with Crippen molar-refractivity contribution in [2.24, 2.45) is 51.2 Å². The molecule has 10 N–H and O–H groups in total. The van der Waals surface area contributed by atoms with Crippen LogP contribution < -0.4 is 0 Å². The van der Waals surface area contributed by atoms with Crippen molar-refractivity contribution in [3.8, 4) is 0 Å². The Bertz CT molecular complexity index is 1850. The highest BCUT2D eigenvalue weighted by molar-refractivity contribution is 5.78. The molecule has 0 radical (unpaired) electrons. The number of carbonyl (C=O) groups is 2. The van der Waals surface area contributed by atoms with Crippen molar-refractivity contribution in [3.63, 3.8) is 0 Å². The number of aliphatic hydroxyl groups excluding tert-OH is 10. The maximum Gasteiger partial charge on any atom is 0.314 e. The fourth-order valence-corrected chi connectivity index (χ4v) is 14.8. The van der Waals surface area contributed by atoms with E-state index in [0.29, 0.717) is 38.5 Å². The molecule has 4 saturated carbocycles. The number of methoxy groups -OCH3 is 1. The van der Waals surface area contributed by atoms with Crippen LogP contribution in [0, 0.1) is 51.2 Å². The lowest BCUT2D eigenvalue weighted by atomic mass is 9.33. The van der Waals surface area contributed by atoms with Gasteiger partial charge in [-0.1, -0.05) is 45.1 Å². The molecule has 3 heterocycles. The highest BCUT2D eigenvalue weighted by Gasteiger charge is 2.73. The summed E-state index contributed by atoms with van der Waals surface area (Å²) in [6.07, 6.45) is -20.5. The molecule has 7 fully saturated rings. The molecule has 68 heavy (non-hydrogen) atoms. The van der Waals surface area contributed by atoms with E-state index in [4.69, 9.17) is 33.2 Å². The minimum absolute atomic E-state index is 0.0730. The molecule has 7 aliphatic rings. The van der Waals surface area contributed by atoms with Gasteiger partial charge in [-0.3, -0.25) is 9.59 Å². The standard InChI is InChI=1S/C49H78O19/c1-21(2)24-10-15-49(17-16-47(7)26(31(24)49)18-27(51)41-46(6,13-12-30(52)62-9)25(22(3)4)11-14-48(41,47)8)45(61)68-44-38(59)35(56)33(54)29(66-44)20-63-42-39(60)36(57)40(28(19-50)65-42)67-43-37(58)34(55)32(53)23(5)64-43/h23-29,31-44,50-51,53-60H,1,3,10-20H2,2,4-9H3. The van der Waals surface area contributed by atoms with E-state index in [1.807, 2.05) is 13.8 Å². The second-order valence-electron chi connectivity index (χ2n) is 22.2. The Hall–Kier alpha value is -2.18. The lowest BCUT2D eigenvalue weighted by Gasteiger charge is -2.71. The summed E-state index contributed by atoms with van der Waals surface area (Å²) in [7, 11) is 1.38. The number of hydrogen-bond acceptors (Lipinski definition) is 19. The van der Waals surface area contributed by atoms with Crippen LogP contribution in [0.2, 0.25) is 0 Å². The molecule has 388 valence electrons. The second-order valence-corrected chi connectivity index (χ2v) is 22.2. The van der Waals surface area contributed by atoms with Crippen molar-refractivity contribution >= 4 is 11.9 Å². The summed E-state index contributed by atoms with van der Waals surface area (Å²) in [5.74, 6) is -1.64. The van der Waals surface area contributed by atoms with Gasteiger partial charge >= 0.3 is 11.9 Å². The van der Waals surface area contributed by atoms with E-state index in [2.05, 4.69) is 33.9 Å². The Morgan fingerprint density at radius 3 is 1.97 bits per heavy atom. The van der Waals surface area contributed by atoms with Crippen LogP contribution in [0.1, 0.15) is 99.3 Å². The first-order valence-electron chi connectivity index (χ1n) is 24.4. The van der Waals surface area contributed by atoms with E-state index in [1.165, 1.54) is 14.0 Å². The van der Waals surface area contributed by atoms with E-state index in [9.17, 15) is 60.7 Å². The van der Waals surface area contributed by atoms with Gasteiger partial charge in [0.1, 0.15) is 67.1 Å². The zero-order chi connectivity index (χ0) is 50.2. The smallest absolute Gasteiger partial charge is 0.314 e. The largest absolute Gasteiger partial charge is 0.469 e. The highest BCUT2D eigenvalue weighted by Crippen LogP contribution is 2.76. The molecule has 0 aromatic rings. The SMILES string of the molecule is C=C(C)C1CCC2(C(=O)OC3OC(COC4OC(CO)C(OC5OC(C)C(O)C(O)C5O)C(O)C4O)C(O)C(O)C3O)CCC3(C)C(CC(O)C4C(C)(CCC(=O)OC)C(C(=C)C)CCC43C)C12. The molecule has 7 rings (SSSR count). The fourth-order valence-electron chi connectivity index (χ4n) is 14.8. The summed E-state index contributed by atoms with van der Waals surface area (Å²) in [6.45, 7) is 19.5. The van der Waals surface area contributed by atoms with Gasteiger partial charge in [0, 0.05) is 6.42 Å². The van der Waals surface area contributed by atoms with E-state index < -0.39 is 134 Å². The van der Waals surface area contributed by atoms with Gasteiger partial charge in [-0.2, -0.15) is 0 Å². The van der Waals surface area contributed by atoms with Crippen LogP contribution in [0.3, 0.4) is 0 Å². The van der Waals surface area contributed by atoms with Crippen LogP contribution in [0.15, 0.2) is 24.3 Å². The molecule has 3 aliphatic heterocycles. The minimum Gasteiger partial charge on any atom is -0.469 e. The number of aliphatic hydroxyl groups is 10. The normalized spacial score (nSPS) is 51.4. The van der Waals surface area contributed by atoms with Crippen LogP contribution in [0.4, 0.5) is 0 Å². The van der Waals surface area contributed by atoms with E-state index >= 15 is 0 Å². The van der Waals surface area contributed by atoms with Gasteiger partial charge in [0.15, 0.2) is 12.6 Å². The Kier molecular flexibility index (Phi) is 15.8. The first-order valence-corrected chi connectivity index (χ1v) is 24.4. The van der Waals surface area contributed by atoms with Crippen molar-refractivity contribution in [1.29, 1.82) is 0 Å². The van der Waals surface area contributed by atoms with Gasteiger partial charge in [0.05, 0.1) is 37.9 Å². The molecule has 0 amide bonds. The predicted molar refractivity (Wildman–Crippen MR) is 237 cm³/mol. The molecule has 25 unspecified atom stereocenters. The molecule has 4 aliphatic carbocycles. The number of fused-ring (bicyclic) bond motifs is 5. The number of allylic oxidation sites excluding steroid dienone is 2. The number of carbonyl (C=O) groups excluding carboxylic acids is 2. The van der Waals surface area contributed by atoms with Crippen molar-refractivity contribution in [2.45, 2.75) is 198 Å². The van der Waals surface area contributed by atoms with Crippen LogP contribution in [0.25, 0.3) is 0 Å². The van der Waals surface area contributed by atoms with Crippen LogP contribution in [-0.4, -0.2) is 182 Å². The highest BCUT2D eigenvalue weighted by atomic mass is 16.8. The summed E-state index contributed by atoms with van der Waals surface area (Å²) >= 11 is 0. The average molecular weight is 971 g/mol. The molecule has 0 spiro atoms. The molecule has 0 aromatic carbocycles. The van der Waals surface area contributed by atoms with Gasteiger partial charge in [0.2, 0.25) is 6.29 Å². The molecular formula is C49H78O19. The van der Waals surface area contributed by atoms with Crippen LogP contribution in [0.5, 0.6) is 0 Å². The predicted octanol–water partition coefficient (Wildman–Crippen LogP) is 0.343. The van der Waals surface area contributed by atoms with E-state index in [1.54, 1.807) is 0 Å². The Morgan fingerprint density at radius 2 is 1.34 bits per heavy atom. The van der Waals surface area contributed by atoms with Crippen LogP contribution >= 0.6 is 0 Å². The van der Waals surface area contributed by atoms with Gasteiger partial charge in [-0.05, 0) is 118 Å². The fraction of sp³-hybridized carbons (Fsp3) is 0.878. The van der Waals surface area contributed by atoms with Crippen LogP contribution in [-0.2, 0) is 42.7 Å². The lowest BCUT2D eigenvalue weighted by Crippen LogP contribution is -2.68. The zero-order valence-electron chi connectivity index (χ0n) is 40.5. The number of esters is 2. The summed E-state index contributed by atoms with van der Waals surface area (Å²) in [5.41, 5.74) is -0.408. The maximum atomic E-state index is 15.0. The third kappa shape index (κ3) is 8.84. The number of hydrogen-bond donors (Lipinski definition) is 10. The van der Waals surface area contributed by atoms with Gasteiger partial charge in [0.25, 0.3) is 0 Å². The van der Waals surface area contributed by atoms with Gasteiger partial charge in [-0.15, -0.1) is 0 Å². The summed E-state index contributed by atoms with van der Waals surface area (Å²) in [4.78, 5) is 27.6. The second kappa shape index (κ2) is 20.0. The molecule has 19 nitrogen and oxygen atoms in total. The topological polar surface area (TPSA) is 301 Å². The van der Waals surface area contributed by atoms with Crippen molar-refractivity contribution < 1.29 is 93.8 Å². The first-order chi connectivity index (χ1) is 31.8. The van der Waals surface area contributed by atoms with Crippen molar-refractivity contribution in [3.05, 3.63) is 24.3 Å². The number of ether oxygens (including phenoxy) is 7. The molecule has 0 bridgehead atoms.